The molecule has 0 fully saturated rings. The molecule has 0 aliphatic carbocycles. The molecule has 0 atom stereocenters. The van der Waals surface area contributed by atoms with Crippen LogP contribution in [0.5, 0.6) is 0 Å². The number of hydrogen-bond acceptors (Lipinski definition) is 5. The number of aryl methyl sites for hydroxylation is 1. The Morgan fingerprint density at radius 2 is 1.76 bits per heavy atom. The predicted molar refractivity (Wildman–Crippen MR) is 112 cm³/mol. The summed E-state index contributed by atoms with van der Waals surface area (Å²) < 4.78 is 47.7. The van der Waals surface area contributed by atoms with Crippen molar-refractivity contribution in [3.63, 3.8) is 0 Å². The summed E-state index contributed by atoms with van der Waals surface area (Å²) in [6, 6.07) is 15.1. The SMILES string of the molecule is N#CCCn1cc(C(=O)COC(=O)Cn2c(C(F)(F)F)nc3ccccc32)c2ccccc21. The van der Waals surface area contributed by atoms with Crippen LogP contribution in [-0.4, -0.2) is 32.5 Å². The zero-order chi connectivity index (χ0) is 23.6. The number of carbonyl (C=O) groups is 2. The molecule has 0 unspecified atom stereocenters. The predicted octanol–water partition coefficient (Wildman–Crippen LogP) is 4.35. The van der Waals surface area contributed by atoms with Crippen LogP contribution in [0.2, 0.25) is 0 Å². The van der Waals surface area contributed by atoms with E-state index in [0.717, 1.165) is 10.1 Å². The Bertz CT molecular complexity index is 1400. The molecule has 2 aromatic carbocycles. The minimum Gasteiger partial charge on any atom is -0.456 e. The third-order valence-electron chi connectivity index (χ3n) is 5.11. The maximum absolute atomic E-state index is 13.4. The number of ketones is 1. The lowest BCUT2D eigenvalue weighted by Crippen LogP contribution is -2.22. The Hall–Kier alpha value is -4.13. The summed E-state index contributed by atoms with van der Waals surface area (Å²) in [6.07, 6.45) is -2.93. The van der Waals surface area contributed by atoms with E-state index in [1.165, 1.54) is 18.2 Å². The van der Waals surface area contributed by atoms with Crippen molar-refractivity contribution < 1.29 is 27.5 Å². The largest absolute Gasteiger partial charge is 0.456 e. The van der Waals surface area contributed by atoms with Crippen LogP contribution >= 0.6 is 0 Å². The molecule has 0 aliphatic heterocycles. The molecule has 0 spiro atoms. The second-order valence-electron chi connectivity index (χ2n) is 7.25. The molecule has 0 saturated carbocycles. The summed E-state index contributed by atoms with van der Waals surface area (Å²) in [7, 11) is 0. The van der Waals surface area contributed by atoms with E-state index in [4.69, 9.17) is 10.00 Å². The first-order chi connectivity index (χ1) is 15.8. The van der Waals surface area contributed by atoms with E-state index < -0.39 is 36.9 Å². The number of Topliss-reactive ketones (excluding diaryl/α,β-unsaturated/α-hetero) is 1. The van der Waals surface area contributed by atoms with Gasteiger partial charge < -0.3 is 13.9 Å². The van der Waals surface area contributed by atoms with Gasteiger partial charge in [0.1, 0.15) is 6.54 Å². The highest BCUT2D eigenvalue weighted by Gasteiger charge is 2.38. The second kappa shape index (κ2) is 8.78. The lowest BCUT2D eigenvalue weighted by molar-refractivity contribution is -0.150. The number of esters is 1. The van der Waals surface area contributed by atoms with Crippen molar-refractivity contribution in [2.75, 3.05) is 6.61 Å². The number of aromatic nitrogens is 3. The Labute approximate surface area is 185 Å². The van der Waals surface area contributed by atoms with Gasteiger partial charge in [0.05, 0.1) is 23.5 Å². The van der Waals surface area contributed by atoms with Gasteiger partial charge in [0, 0.05) is 29.2 Å². The fourth-order valence-electron chi connectivity index (χ4n) is 3.67. The number of nitriles is 1. The smallest absolute Gasteiger partial charge is 0.449 e. The van der Waals surface area contributed by atoms with Crippen molar-refractivity contribution in [2.24, 2.45) is 0 Å². The van der Waals surface area contributed by atoms with Gasteiger partial charge in [-0.05, 0) is 18.2 Å². The minimum atomic E-state index is -4.76. The highest BCUT2D eigenvalue weighted by molar-refractivity contribution is 6.09. The fraction of sp³-hybridized carbons (Fsp3) is 0.217. The monoisotopic (exact) mass is 454 g/mol. The molecule has 0 N–H and O–H groups in total. The molecular formula is C23H17F3N4O3. The maximum Gasteiger partial charge on any atom is 0.449 e. The van der Waals surface area contributed by atoms with Crippen LogP contribution in [0.4, 0.5) is 13.2 Å². The van der Waals surface area contributed by atoms with Crippen LogP contribution in [0.25, 0.3) is 21.9 Å². The number of benzene rings is 2. The zero-order valence-electron chi connectivity index (χ0n) is 17.2. The van der Waals surface area contributed by atoms with Crippen molar-refractivity contribution in [3.05, 3.63) is 66.1 Å². The second-order valence-corrected chi connectivity index (χ2v) is 7.25. The number of para-hydroxylation sites is 3. The summed E-state index contributed by atoms with van der Waals surface area (Å²) in [6.45, 7) is -0.982. The van der Waals surface area contributed by atoms with E-state index in [0.29, 0.717) is 17.5 Å². The van der Waals surface area contributed by atoms with Gasteiger partial charge in [-0.25, -0.2) is 4.98 Å². The van der Waals surface area contributed by atoms with Crippen LogP contribution in [-0.2, 0) is 28.8 Å². The number of alkyl halides is 3. The van der Waals surface area contributed by atoms with Gasteiger partial charge in [0.15, 0.2) is 6.61 Å². The van der Waals surface area contributed by atoms with Crippen LogP contribution in [0.1, 0.15) is 22.6 Å². The molecule has 2 heterocycles. The van der Waals surface area contributed by atoms with Gasteiger partial charge in [-0.15, -0.1) is 0 Å². The van der Waals surface area contributed by atoms with Gasteiger partial charge in [-0.3, -0.25) is 9.59 Å². The molecule has 0 aliphatic rings. The molecule has 0 amide bonds. The van der Waals surface area contributed by atoms with Crippen LogP contribution in [0.3, 0.4) is 0 Å². The normalized spacial score (nSPS) is 11.6. The lowest BCUT2D eigenvalue weighted by Gasteiger charge is -2.11. The van der Waals surface area contributed by atoms with Crippen molar-refractivity contribution in [1.82, 2.24) is 14.1 Å². The van der Waals surface area contributed by atoms with E-state index in [9.17, 15) is 22.8 Å². The summed E-state index contributed by atoms with van der Waals surface area (Å²) in [5.74, 6) is -2.71. The quantitative estimate of drug-likeness (QED) is 0.306. The third-order valence-corrected chi connectivity index (χ3v) is 5.11. The Morgan fingerprint density at radius 3 is 2.48 bits per heavy atom. The lowest BCUT2D eigenvalue weighted by atomic mass is 10.1. The van der Waals surface area contributed by atoms with E-state index in [-0.39, 0.29) is 17.5 Å². The Morgan fingerprint density at radius 1 is 1.06 bits per heavy atom. The van der Waals surface area contributed by atoms with E-state index in [1.807, 2.05) is 6.07 Å². The van der Waals surface area contributed by atoms with Crippen LogP contribution in [0, 0.1) is 11.3 Å². The van der Waals surface area contributed by atoms with E-state index in [1.54, 1.807) is 41.1 Å². The van der Waals surface area contributed by atoms with Crippen molar-refractivity contribution in [2.45, 2.75) is 25.7 Å². The number of carbonyl (C=O) groups excluding carboxylic acids is 2. The molecule has 0 bridgehead atoms. The maximum atomic E-state index is 13.4. The molecular weight excluding hydrogens is 437 g/mol. The van der Waals surface area contributed by atoms with Gasteiger partial charge in [0.25, 0.3) is 0 Å². The number of fused-ring (bicyclic) bond motifs is 2. The summed E-state index contributed by atoms with van der Waals surface area (Å²) >= 11 is 0. The number of ether oxygens (including phenoxy) is 1. The number of rotatable bonds is 7. The average molecular weight is 454 g/mol. The van der Waals surface area contributed by atoms with Crippen molar-refractivity contribution >= 4 is 33.7 Å². The number of nitrogens with zero attached hydrogens (tertiary/aromatic N) is 4. The summed E-state index contributed by atoms with van der Waals surface area (Å²) in [5, 5.41) is 9.47. The number of imidazole rings is 1. The standard InChI is InChI=1S/C23H17F3N4O3/c24-23(25,26)22-28-17-7-2-4-9-19(17)30(22)13-21(32)33-14-20(31)16-12-29(11-5-10-27)18-8-3-1-6-15(16)18/h1-4,6-9,12H,5,11,13-14H2. The molecule has 168 valence electrons. The molecule has 0 saturated heterocycles. The summed E-state index contributed by atoms with van der Waals surface area (Å²) in [4.78, 5) is 28.7. The summed E-state index contributed by atoms with van der Waals surface area (Å²) in [5.41, 5.74) is 1.29. The molecule has 4 rings (SSSR count). The molecule has 7 nitrogen and oxygen atoms in total. The van der Waals surface area contributed by atoms with Crippen LogP contribution < -0.4 is 0 Å². The first kappa shape index (κ1) is 22.1. The van der Waals surface area contributed by atoms with Gasteiger partial charge >= 0.3 is 12.1 Å². The average Bonchev–Trinajstić information content (AvgIpc) is 3.35. The van der Waals surface area contributed by atoms with E-state index in [2.05, 4.69) is 4.98 Å². The third kappa shape index (κ3) is 4.43. The number of hydrogen-bond donors (Lipinski definition) is 0. The zero-order valence-corrected chi connectivity index (χ0v) is 17.2. The van der Waals surface area contributed by atoms with Gasteiger partial charge in [-0.2, -0.15) is 18.4 Å². The van der Waals surface area contributed by atoms with Crippen molar-refractivity contribution in [3.8, 4) is 6.07 Å². The first-order valence-corrected chi connectivity index (χ1v) is 9.95. The minimum absolute atomic E-state index is 0.0962. The fourth-order valence-corrected chi connectivity index (χ4v) is 3.67. The Kier molecular flexibility index (Phi) is 5.87. The first-order valence-electron chi connectivity index (χ1n) is 9.95. The molecule has 0 radical (unpaired) electrons. The molecule has 4 aromatic rings. The molecule has 33 heavy (non-hydrogen) atoms. The van der Waals surface area contributed by atoms with Crippen LogP contribution in [0.15, 0.2) is 54.7 Å². The topological polar surface area (TPSA) is 89.9 Å². The Balaban J connectivity index is 1.52. The molecule has 2 aromatic heterocycles. The highest BCUT2D eigenvalue weighted by atomic mass is 19.4. The van der Waals surface area contributed by atoms with E-state index >= 15 is 0 Å². The highest BCUT2D eigenvalue weighted by Crippen LogP contribution is 2.31. The van der Waals surface area contributed by atoms with Gasteiger partial charge in [-0.1, -0.05) is 30.3 Å². The number of halogens is 3. The molecule has 10 heteroatoms. The van der Waals surface area contributed by atoms with Crippen molar-refractivity contribution in [1.29, 1.82) is 5.26 Å². The van der Waals surface area contributed by atoms with Gasteiger partial charge in [0.2, 0.25) is 11.6 Å².